The lowest BCUT2D eigenvalue weighted by Gasteiger charge is -2.45. The van der Waals surface area contributed by atoms with Gasteiger partial charge in [-0.15, -0.1) is 0 Å². The molecule has 0 amide bonds. The van der Waals surface area contributed by atoms with Crippen molar-refractivity contribution >= 4 is 33.5 Å². The second-order valence-electron chi connectivity index (χ2n) is 16.1. The van der Waals surface area contributed by atoms with E-state index in [1.165, 1.54) is 0 Å². The molecule has 6 rings (SSSR count). The molecule has 2 heterocycles. The number of piperidine rings is 2. The molecule has 0 radical (unpaired) electrons. The summed E-state index contributed by atoms with van der Waals surface area (Å²) in [4.78, 5) is 27.5. The number of hydrogen-bond acceptors (Lipinski definition) is 6. The molecule has 2 aliphatic heterocycles. The van der Waals surface area contributed by atoms with Crippen molar-refractivity contribution in [1.29, 1.82) is 0 Å². The molecule has 0 unspecified atom stereocenters. The van der Waals surface area contributed by atoms with E-state index < -0.39 is 0 Å². The number of nitrogens with one attached hydrogen (secondary N) is 2. The summed E-state index contributed by atoms with van der Waals surface area (Å²) < 4.78 is 12.4. The predicted octanol–water partition coefficient (Wildman–Crippen LogP) is 8.59. The quantitative estimate of drug-likeness (QED) is 0.218. The summed E-state index contributed by atoms with van der Waals surface area (Å²) in [7, 11) is 0. The maximum Gasteiger partial charge on any atom is 0.339 e. The lowest BCUT2D eigenvalue weighted by atomic mass is 9.81. The zero-order valence-electron chi connectivity index (χ0n) is 28.5. The SMILES string of the molecule is CC1(C)CC(OC(=O)c2cc(-c3ccc4cccc(C(=O)OC5CC(C)(C)NC(C)(C)C5)c4c3)cc3ccccc23)CC(C)(C)N1. The molecule has 0 spiro atoms. The van der Waals surface area contributed by atoms with Crippen LogP contribution >= 0.6 is 0 Å². The van der Waals surface area contributed by atoms with Gasteiger partial charge >= 0.3 is 11.9 Å². The lowest BCUT2D eigenvalue weighted by Crippen LogP contribution is -2.59. The maximum atomic E-state index is 13.9. The van der Waals surface area contributed by atoms with Gasteiger partial charge in [0.15, 0.2) is 0 Å². The van der Waals surface area contributed by atoms with Crippen LogP contribution in [0.2, 0.25) is 0 Å². The molecular weight excluding hydrogens is 572 g/mol. The van der Waals surface area contributed by atoms with E-state index in [1.54, 1.807) is 0 Å². The van der Waals surface area contributed by atoms with Crippen LogP contribution < -0.4 is 10.6 Å². The molecule has 0 atom stereocenters. The summed E-state index contributed by atoms with van der Waals surface area (Å²) in [5.41, 5.74) is 2.37. The van der Waals surface area contributed by atoms with Crippen molar-refractivity contribution in [2.75, 3.05) is 0 Å². The Kier molecular flexibility index (Phi) is 8.05. The monoisotopic (exact) mass is 620 g/mol. The van der Waals surface area contributed by atoms with Crippen LogP contribution in [-0.2, 0) is 9.47 Å². The van der Waals surface area contributed by atoms with Crippen molar-refractivity contribution in [2.24, 2.45) is 0 Å². The third kappa shape index (κ3) is 6.98. The second kappa shape index (κ2) is 11.5. The minimum Gasteiger partial charge on any atom is -0.459 e. The third-order valence-electron chi connectivity index (χ3n) is 9.37. The van der Waals surface area contributed by atoms with Crippen LogP contribution in [0, 0.1) is 0 Å². The molecule has 2 saturated heterocycles. The van der Waals surface area contributed by atoms with Gasteiger partial charge in [0.25, 0.3) is 0 Å². The molecular formula is C40H48N2O4. The fraction of sp³-hybridized carbons (Fsp3) is 0.450. The average Bonchev–Trinajstić information content (AvgIpc) is 2.92. The highest BCUT2D eigenvalue weighted by Crippen LogP contribution is 2.35. The Morgan fingerprint density at radius 3 is 1.65 bits per heavy atom. The molecule has 4 aromatic carbocycles. The Bertz CT molecular complexity index is 1790. The van der Waals surface area contributed by atoms with E-state index in [4.69, 9.17) is 9.47 Å². The standard InChI is InChI=1S/C40H48N2O4/c1-37(2)21-29(22-38(3,4)41-37)45-35(43)32-15-11-13-25-16-17-26(19-33(25)32)28-18-27-12-9-10-14-31(27)34(20-28)36(44)46-30-23-39(5,6)42-40(7,8)24-30/h9-20,29-30,41-42H,21-24H2,1-8H3. The van der Waals surface area contributed by atoms with Crippen LogP contribution in [-0.4, -0.2) is 46.3 Å². The Labute approximate surface area is 273 Å². The van der Waals surface area contributed by atoms with E-state index in [-0.39, 0.29) is 46.3 Å². The predicted molar refractivity (Wildman–Crippen MR) is 186 cm³/mol. The van der Waals surface area contributed by atoms with Crippen LogP contribution in [0.4, 0.5) is 0 Å². The molecule has 46 heavy (non-hydrogen) atoms. The van der Waals surface area contributed by atoms with E-state index >= 15 is 0 Å². The van der Waals surface area contributed by atoms with Gasteiger partial charge in [-0.25, -0.2) is 9.59 Å². The maximum absolute atomic E-state index is 13.9. The smallest absolute Gasteiger partial charge is 0.339 e. The van der Waals surface area contributed by atoms with E-state index in [2.05, 4.69) is 72.1 Å². The first-order valence-corrected chi connectivity index (χ1v) is 16.5. The third-order valence-corrected chi connectivity index (χ3v) is 9.37. The molecule has 2 aliphatic rings. The van der Waals surface area contributed by atoms with Gasteiger partial charge in [0, 0.05) is 47.8 Å². The number of ether oxygens (including phenoxy) is 2. The number of hydrogen-bond donors (Lipinski definition) is 2. The highest BCUT2D eigenvalue weighted by atomic mass is 16.5. The van der Waals surface area contributed by atoms with Crippen molar-refractivity contribution < 1.29 is 19.1 Å². The fourth-order valence-corrected chi connectivity index (χ4v) is 8.33. The number of fused-ring (bicyclic) bond motifs is 2. The second-order valence-corrected chi connectivity index (χ2v) is 16.1. The first kappa shape index (κ1) is 32.2. The first-order chi connectivity index (χ1) is 21.5. The number of rotatable bonds is 5. The minimum atomic E-state index is -0.311. The average molecular weight is 621 g/mol. The Morgan fingerprint density at radius 1 is 0.543 bits per heavy atom. The van der Waals surface area contributed by atoms with Crippen LogP contribution in [0.5, 0.6) is 0 Å². The van der Waals surface area contributed by atoms with Crippen LogP contribution in [0.25, 0.3) is 32.7 Å². The Balaban J connectivity index is 1.34. The Morgan fingerprint density at radius 2 is 1.07 bits per heavy atom. The summed E-state index contributed by atoms with van der Waals surface area (Å²) in [5.74, 6) is -0.619. The summed E-state index contributed by atoms with van der Waals surface area (Å²) in [5, 5.41) is 10.9. The molecule has 0 saturated carbocycles. The van der Waals surface area contributed by atoms with Crippen molar-refractivity contribution in [3.8, 4) is 11.1 Å². The van der Waals surface area contributed by atoms with Gasteiger partial charge < -0.3 is 20.1 Å². The van der Waals surface area contributed by atoms with E-state index in [9.17, 15) is 9.59 Å². The number of carbonyl (C=O) groups excluding carboxylic acids is 2. The van der Waals surface area contributed by atoms with Crippen molar-refractivity contribution in [3.05, 3.63) is 83.9 Å². The molecule has 0 aromatic heterocycles. The molecule has 6 nitrogen and oxygen atoms in total. The highest BCUT2D eigenvalue weighted by Gasteiger charge is 2.41. The molecule has 4 aromatic rings. The number of esters is 2. The van der Waals surface area contributed by atoms with Gasteiger partial charge in [-0.2, -0.15) is 0 Å². The highest BCUT2D eigenvalue weighted by molar-refractivity contribution is 6.08. The normalized spacial score (nSPS) is 20.8. The summed E-state index contributed by atoms with van der Waals surface area (Å²) in [6.07, 6.45) is 2.63. The van der Waals surface area contributed by atoms with Crippen molar-refractivity contribution in [1.82, 2.24) is 10.6 Å². The van der Waals surface area contributed by atoms with Crippen LogP contribution in [0.15, 0.2) is 72.8 Å². The first-order valence-electron chi connectivity index (χ1n) is 16.5. The molecule has 242 valence electrons. The van der Waals surface area contributed by atoms with Gasteiger partial charge in [0.05, 0.1) is 11.1 Å². The topological polar surface area (TPSA) is 76.7 Å². The van der Waals surface area contributed by atoms with Gasteiger partial charge in [-0.05, 0) is 112 Å². The Hall–Kier alpha value is -3.74. The lowest BCUT2D eigenvalue weighted by molar-refractivity contribution is -0.00748. The summed E-state index contributed by atoms with van der Waals surface area (Å²) in [6.45, 7) is 17.2. The minimum absolute atomic E-state index is 0.131. The summed E-state index contributed by atoms with van der Waals surface area (Å²) >= 11 is 0. The zero-order chi connectivity index (χ0) is 33.1. The number of benzene rings is 4. The van der Waals surface area contributed by atoms with Crippen LogP contribution in [0.3, 0.4) is 0 Å². The molecule has 0 aliphatic carbocycles. The van der Waals surface area contributed by atoms with Gasteiger partial charge in [0.1, 0.15) is 12.2 Å². The molecule has 0 bridgehead atoms. The van der Waals surface area contributed by atoms with Gasteiger partial charge in [0.2, 0.25) is 0 Å². The van der Waals surface area contributed by atoms with Crippen molar-refractivity contribution in [2.45, 2.75) is 115 Å². The van der Waals surface area contributed by atoms with Crippen molar-refractivity contribution in [3.63, 3.8) is 0 Å². The fourth-order valence-electron chi connectivity index (χ4n) is 8.33. The summed E-state index contributed by atoms with van der Waals surface area (Å²) in [6, 6.07) is 23.9. The molecule has 6 heteroatoms. The van der Waals surface area contributed by atoms with Gasteiger partial charge in [-0.3, -0.25) is 0 Å². The number of carbonyl (C=O) groups is 2. The molecule has 2 fully saturated rings. The van der Waals surface area contributed by atoms with E-state index in [0.717, 1.165) is 58.4 Å². The van der Waals surface area contributed by atoms with Crippen LogP contribution in [0.1, 0.15) is 102 Å². The van der Waals surface area contributed by atoms with E-state index in [1.807, 2.05) is 66.7 Å². The van der Waals surface area contributed by atoms with Gasteiger partial charge in [-0.1, -0.05) is 48.5 Å². The zero-order valence-corrected chi connectivity index (χ0v) is 28.5. The molecule has 2 N–H and O–H groups in total. The van der Waals surface area contributed by atoms with E-state index in [0.29, 0.717) is 11.1 Å². The largest absolute Gasteiger partial charge is 0.459 e.